The average Bonchev–Trinajstić information content (AvgIpc) is 3.09. The summed E-state index contributed by atoms with van der Waals surface area (Å²) in [6.07, 6.45) is 8.35. The summed E-state index contributed by atoms with van der Waals surface area (Å²) in [5.41, 5.74) is 8.64. The van der Waals surface area contributed by atoms with E-state index in [1.807, 2.05) is 91.4 Å². The van der Waals surface area contributed by atoms with Gasteiger partial charge in [-0.15, -0.1) is 0 Å². The summed E-state index contributed by atoms with van der Waals surface area (Å²) in [5.74, 6) is 0.745. The van der Waals surface area contributed by atoms with Gasteiger partial charge >= 0.3 is 0 Å². The molecular weight excluding hydrogens is 516 g/mol. The Kier molecular flexibility index (Phi) is 7.25. The summed E-state index contributed by atoms with van der Waals surface area (Å²) >= 11 is 0. The normalized spacial score (nSPS) is 18.4. The van der Waals surface area contributed by atoms with Crippen LogP contribution in [0.2, 0.25) is 0 Å². The minimum atomic E-state index is 0.248. The lowest BCUT2D eigenvalue weighted by atomic mass is 9.71. The van der Waals surface area contributed by atoms with Gasteiger partial charge in [-0.1, -0.05) is 36.4 Å². The van der Waals surface area contributed by atoms with Crippen molar-refractivity contribution in [3.63, 3.8) is 0 Å². The molecule has 0 atom stereocenters. The Labute approximate surface area is 245 Å². The lowest BCUT2D eigenvalue weighted by Crippen LogP contribution is -2.22. The topological polar surface area (TPSA) is 77.3 Å². The van der Waals surface area contributed by atoms with Gasteiger partial charge < -0.3 is 0 Å². The minimum absolute atomic E-state index is 0.248. The van der Waals surface area contributed by atoms with E-state index in [4.69, 9.17) is 15.0 Å². The number of nitrogens with zero attached hydrogens (tertiary/aromatic N) is 6. The van der Waals surface area contributed by atoms with Crippen LogP contribution in [-0.4, -0.2) is 29.9 Å². The minimum Gasteiger partial charge on any atom is -0.255 e. The fourth-order valence-electron chi connectivity index (χ4n) is 6.05. The second kappa shape index (κ2) is 11.8. The van der Waals surface area contributed by atoms with Gasteiger partial charge in [-0.25, -0.2) is 0 Å². The lowest BCUT2D eigenvalue weighted by molar-refractivity contribution is 0.339. The summed E-state index contributed by atoms with van der Waals surface area (Å²) in [7, 11) is 0. The van der Waals surface area contributed by atoms with Gasteiger partial charge in [-0.05, 0) is 92.1 Å². The monoisotopic (exact) mass is 546 g/mol. The number of pyridine rings is 6. The van der Waals surface area contributed by atoms with Crippen molar-refractivity contribution in [1.29, 1.82) is 0 Å². The zero-order valence-electron chi connectivity index (χ0n) is 23.2. The lowest BCUT2D eigenvalue weighted by Gasteiger charge is -2.34. The maximum Gasteiger partial charge on any atom is 0.0889 e. The third kappa shape index (κ3) is 5.56. The molecule has 6 nitrogen and oxygen atoms in total. The molecule has 0 spiro atoms. The molecule has 1 fully saturated rings. The first-order valence-corrected chi connectivity index (χ1v) is 14.5. The molecule has 1 aliphatic carbocycles. The molecule has 0 N–H and O–H groups in total. The van der Waals surface area contributed by atoms with Crippen molar-refractivity contribution in [2.75, 3.05) is 0 Å². The van der Waals surface area contributed by atoms with Crippen molar-refractivity contribution in [1.82, 2.24) is 29.9 Å². The van der Waals surface area contributed by atoms with E-state index in [1.165, 1.54) is 0 Å². The molecule has 0 radical (unpaired) electrons. The van der Waals surface area contributed by atoms with E-state index in [1.54, 1.807) is 0 Å². The summed E-state index contributed by atoms with van der Waals surface area (Å²) in [4.78, 5) is 29.0. The van der Waals surface area contributed by atoms with Crippen LogP contribution in [0.1, 0.15) is 54.1 Å². The van der Waals surface area contributed by atoms with Gasteiger partial charge in [0.05, 0.1) is 34.2 Å². The molecule has 1 aliphatic rings. The molecule has 6 aromatic heterocycles. The Morgan fingerprint density at radius 2 is 0.643 bits per heavy atom. The Hall–Kier alpha value is -5.10. The van der Waals surface area contributed by atoms with Crippen molar-refractivity contribution in [3.05, 3.63) is 145 Å². The van der Waals surface area contributed by atoms with E-state index in [0.29, 0.717) is 0 Å². The standard InChI is InChI=1S/C36H30N6/c1-4-19-37-31(10-1)34-16-7-13-28(40-34)25-22-26(29-14-8-17-35(41-29)32-11-2-5-20-38-32)24-27(23-25)30-15-9-18-36(42-30)33-12-3-6-21-39-33/h1-21,25-27H,22-24H2. The third-order valence-electron chi connectivity index (χ3n) is 8.06. The summed E-state index contributed by atoms with van der Waals surface area (Å²) in [6, 6.07) is 36.8. The number of hydrogen-bond donors (Lipinski definition) is 0. The molecule has 6 aromatic rings. The van der Waals surface area contributed by atoms with Gasteiger partial charge in [0.2, 0.25) is 0 Å². The van der Waals surface area contributed by atoms with Crippen molar-refractivity contribution in [2.24, 2.45) is 0 Å². The maximum absolute atomic E-state index is 5.13. The number of rotatable bonds is 6. The highest BCUT2D eigenvalue weighted by Crippen LogP contribution is 2.47. The highest BCUT2D eigenvalue weighted by Gasteiger charge is 2.34. The number of hydrogen-bond acceptors (Lipinski definition) is 6. The second-order valence-corrected chi connectivity index (χ2v) is 10.8. The molecule has 42 heavy (non-hydrogen) atoms. The predicted molar refractivity (Wildman–Crippen MR) is 164 cm³/mol. The van der Waals surface area contributed by atoms with E-state index in [2.05, 4.69) is 51.4 Å². The second-order valence-electron chi connectivity index (χ2n) is 10.8. The van der Waals surface area contributed by atoms with Gasteiger partial charge in [0.25, 0.3) is 0 Å². The molecule has 6 heteroatoms. The van der Waals surface area contributed by atoms with Crippen LogP contribution in [0.5, 0.6) is 0 Å². The molecule has 0 amide bonds. The molecule has 204 valence electrons. The van der Waals surface area contributed by atoms with Crippen LogP contribution in [0, 0.1) is 0 Å². The van der Waals surface area contributed by atoms with Crippen LogP contribution in [0.3, 0.4) is 0 Å². The fraction of sp³-hybridized carbons (Fsp3) is 0.167. The van der Waals surface area contributed by atoms with Crippen LogP contribution in [0.15, 0.2) is 128 Å². The van der Waals surface area contributed by atoms with E-state index in [9.17, 15) is 0 Å². The zero-order chi connectivity index (χ0) is 28.1. The summed E-state index contributed by atoms with van der Waals surface area (Å²) < 4.78 is 0. The quantitative estimate of drug-likeness (QED) is 0.211. The van der Waals surface area contributed by atoms with Crippen LogP contribution >= 0.6 is 0 Å². The zero-order valence-corrected chi connectivity index (χ0v) is 23.2. The number of aromatic nitrogens is 6. The Morgan fingerprint density at radius 3 is 0.929 bits per heavy atom. The molecule has 0 aliphatic heterocycles. The fourth-order valence-corrected chi connectivity index (χ4v) is 6.05. The Balaban J connectivity index is 1.26. The van der Waals surface area contributed by atoms with E-state index < -0.39 is 0 Å². The van der Waals surface area contributed by atoms with Gasteiger partial charge in [0.15, 0.2) is 0 Å². The molecule has 0 bridgehead atoms. The molecule has 0 saturated heterocycles. The van der Waals surface area contributed by atoms with Gasteiger partial charge in [0, 0.05) is 53.4 Å². The first kappa shape index (κ1) is 25.8. The average molecular weight is 547 g/mol. The smallest absolute Gasteiger partial charge is 0.0889 e. The van der Waals surface area contributed by atoms with E-state index in [0.717, 1.165) is 70.5 Å². The Morgan fingerprint density at radius 1 is 0.333 bits per heavy atom. The molecule has 1 saturated carbocycles. The first-order chi connectivity index (χ1) is 20.8. The molecule has 0 unspecified atom stereocenters. The molecule has 0 aromatic carbocycles. The summed E-state index contributed by atoms with van der Waals surface area (Å²) in [5, 5.41) is 0. The third-order valence-corrected chi connectivity index (χ3v) is 8.06. The van der Waals surface area contributed by atoms with E-state index >= 15 is 0 Å². The van der Waals surface area contributed by atoms with Crippen molar-refractivity contribution >= 4 is 0 Å². The van der Waals surface area contributed by atoms with Crippen LogP contribution in [-0.2, 0) is 0 Å². The van der Waals surface area contributed by atoms with Crippen molar-refractivity contribution in [3.8, 4) is 34.2 Å². The SMILES string of the molecule is c1ccc(-c2cccc(C3CC(c4cccc(-c5ccccn5)n4)CC(c4cccc(-c5ccccn5)n4)C3)n2)nc1. The molecule has 6 heterocycles. The Bertz CT molecular complexity index is 1560. The largest absolute Gasteiger partial charge is 0.255 e. The van der Waals surface area contributed by atoms with Gasteiger partial charge in [-0.3, -0.25) is 29.9 Å². The van der Waals surface area contributed by atoms with Crippen LogP contribution in [0.25, 0.3) is 34.2 Å². The highest BCUT2D eigenvalue weighted by atomic mass is 14.8. The maximum atomic E-state index is 5.13. The highest BCUT2D eigenvalue weighted by molar-refractivity contribution is 5.56. The van der Waals surface area contributed by atoms with Crippen molar-refractivity contribution < 1.29 is 0 Å². The molecular formula is C36H30N6. The van der Waals surface area contributed by atoms with Crippen molar-refractivity contribution in [2.45, 2.75) is 37.0 Å². The predicted octanol–water partition coefficient (Wildman–Crippen LogP) is 7.89. The van der Waals surface area contributed by atoms with Gasteiger partial charge in [0.1, 0.15) is 0 Å². The van der Waals surface area contributed by atoms with Crippen LogP contribution < -0.4 is 0 Å². The first-order valence-electron chi connectivity index (χ1n) is 14.5. The summed E-state index contributed by atoms with van der Waals surface area (Å²) in [6.45, 7) is 0. The van der Waals surface area contributed by atoms with E-state index in [-0.39, 0.29) is 17.8 Å². The van der Waals surface area contributed by atoms with Gasteiger partial charge in [-0.2, -0.15) is 0 Å². The molecule has 7 rings (SSSR count). The van der Waals surface area contributed by atoms with Crippen LogP contribution in [0.4, 0.5) is 0 Å².